The largest absolute Gasteiger partial charge is 0.457 e. The van der Waals surface area contributed by atoms with Gasteiger partial charge in [-0.15, -0.1) is 0 Å². The van der Waals surface area contributed by atoms with Gasteiger partial charge in [0.2, 0.25) is 5.91 Å². The SMILES string of the molecule is CO[C@@H]1CN(C/C=C/C(=O)N2CCC(c3ccn4ncnc(Nc5ccc(Oc6ccn7ncnc7c6)c(C)c5)c34)CC2)C[C@H]1OC. The first-order valence-corrected chi connectivity index (χ1v) is 15.9. The van der Waals surface area contributed by atoms with Crippen LogP contribution >= 0.6 is 0 Å². The summed E-state index contributed by atoms with van der Waals surface area (Å²) in [5, 5.41) is 12.1. The zero-order chi connectivity index (χ0) is 32.3. The van der Waals surface area contributed by atoms with Crippen LogP contribution in [0.2, 0.25) is 0 Å². The third-order valence-electron chi connectivity index (χ3n) is 9.17. The number of rotatable bonds is 10. The quantitative estimate of drug-likeness (QED) is 0.223. The number of carbonyl (C=O) groups excluding carboxylic acids is 1. The van der Waals surface area contributed by atoms with Crippen LogP contribution in [0.3, 0.4) is 0 Å². The molecule has 2 fully saturated rings. The molecule has 0 spiro atoms. The summed E-state index contributed by atoms with van der Waals surface area (Å²) in [6.07, 6.45) is 12.4. The van der Waals surface area contributed by atoms with E-state index in [-0.39, 0.29) is 18.1 Å². The summed E-state index contributed by atoms with van der Waals surface area (Å²) >= 11 is 0. The van der Waals surface area contributed by atoms with Gasteiger partial charge in [-0.05, 0) is 67.1 Å². The van der Waals surface area contributed by atoms with Crippen molar-refractivity contribution in [2.75, 3.05) is 52.3 Å². The maximum absolute atomic E-state index is 13.0. The number of aromatic nitrogens is 6. The van der Waals surface area contributed by atoms with E-state index in [0.717, 1.165) is 59.9 Å². The smallest absolute Gasteiger partial charge is 0.246 e. The van der Waals surface area contributed by atoms with Crippen molar-refractivity contribution in [1.29, 1.82) is 0 Å². The highest BCUT2D eigenvalue weighted by Crippen LogP contribution is 2.35. The minimum absolute atomic E-state index is 0.0588. The molecule has 0 saturated carbocycles. The van der Waals surface area contributed by atoms with Crippen molar-refractivity contribution in [2.45, 2.75) is 37.9 Å². The number of hydrogen-bond acceptors (Lipinski definition) is 10. The van der Waals surface area contributed by atoms with Gasteiger partial charge in [0, 0.05) is 77.2 Å². The number of aryl methyl sites for hydroxylation is 1. The summed E-state index contributed by atoms with van der Waals surface area (Å²) < 4.78 is 20.8. The third-order valence-corrected chi connectivity index (χ3v) is 9.17. The summed E-state index contributed by atoms with van der Waals surface area (Å²) in [4.78, 5) is 26.0. The van der Waals surface area contributed by atoms with E-state index in [0.29, 0.717) is 31.3 Å². The molecule has 0 aliphatic carbocycles. The third kappa shape index (κ3) is 6.55. The van der Waals surface area contributed by atoms with Gasteiger partial charge in [0.25, 0.3) is 0 Å². The number of ether oxygens (including phenoxy) is 3. The maximum Gasteiger partial charge on any atom is 0.246 e. The summed E-state index contributed by atoms with van der Waals surface area (Å²) in [7, 11) is 3.43. The van der Waals surface area contributed by atoms with Crippen molar-refractivity contribution < 1.29 is 19.0 Å². The van der Waals surface area contributed by atoms with Gasteiger partial charge in [-0.25, -0.2) is 19.0 Å². The number of piperidine rings is 1. The van der Waals surface area contributed by atoms with Crippen LogP contribution in [0.1, 0.15) is 29.9 Å². The number of likely N-dealkylation sites (tertiary alicyclic amines) is 2. The number of fused-ring (bicyclic) bond motifs is 2. The molecule has 47 heavy (non-hydrogen) atoms. The van der Waals surface area contributed by atoms with Crippen molar-refractivity contribution in [3.8, 4) is 11.5 Å². The summed E-state index contributed by atoms with van der Waals surface area (Å²) in [5.74, 6) is 2.53. The monoisotopic (exact) mass is 637 g/mol. The van der Waals surface area contributed by atoms with E-state index in [1.165, 1.54) is 11.9 Å². The molecule has 0 radical (unpaired) electrons. The first-order valence-electron chi connectivity index (χ1n) is 15.9. The Hall–Kier alpha value is -4.85. The number of nitrogens with zero attached hydrogens (tertiary/aromatic N) is 8. The molecule has 1 aromatic carbocycles. The Kier molecular flexibility index (Phi) is 8.83. The average molecular weight is 638 g/mol. The van der Waals surface area contributed by atoms with E-state index < -0.39 is 0 Å². The van der Waals surface area contributed by atoms with Gasteiger partial charge >= 0.3 is 0 Å². The van der Waals surface area contributed by atoms with Gasteiger partial charge in [-0.1, -0.05) is 6.08 Å². The Balaban J connectivity index is 0.982. The number of methoxy groups -OCH3 is 2. The van der Waals surface area contributed by atoms with Gasteiger partial charge < -0.3 is 24.4 Å². The zero-order valence-electron chi connectivity index (χ0n) is 26.8. The second-order valence-corrected chi connectivity index (χ2v) is 12.1. The van der Waals surface area contributed by atoms with E-state index in [1.54, 1.807) is 31.1 Å². The fraction of sp³-hybridized carbons (Fsp3) is 0.382. The second kappa shape index (κ2) is 13.5. The number of benzene rings is 1. The number of nitrogens with one attached hydrogen (secondary N) is 1. The highest BCUT2D eigenvalue weighted by atomic mass is 16.5. The van der Waals surface area contributed by atoms with Crippen LogP contribution in [0, 0.1) is 6.92 Å². The Bertz CT molecular complexity index is 1880. The lowest BCUT2D eigenvalue weighted by atomic mass is 9.90. The normalized spacial score (nSPS) is 19.3. The minimum Gasteiger partial charge on any atom is -0.457 e. The minimum atomic E-state index is 0.0588. The Morgan fingerprint density at radius 1 is 0.957 bits per heavy atom. The van der Waals surface area contributed by atoms with Crippen LogP contribution < -0.4 is 10.1 Å². The fourth-order valence-electron chi connectivity index (χ4n) is 6.60. The van der Waals surface area contributed by atoms with Crippen LogP contribution in [-0.2, 0) is 14.3 Å². The van der Waals surface area contributed by atoms with E-state index >= 15 is 0 Å². The molecule has 2 aliphatic rings. The van der Waals surface area contributed by atoms with Gasteiger partial charge in [0.1, 0.15) is 29.7 Å². The molecule has 5 aromatic rings. The molecule has 0 unspecified atom stereocenters. The van der Waals surface area contributed by atoms with Gasteiger partial charge in [-0.2, -0.15) is 10.2 Å². The maximum atomic E-state index is 13.0. The number of amides is 1. The molecule has 1 amide bonds. The average Bonchev–Trinajstić information content (AvgIpc) is 3.84. The molecular weight excluding hydrogens is 598 g/mol. The predicted molar refractivity (Wildman–Crippen MR) is 176 cm³/mol. The van der Waals surface area contributed by atoms with Crippen molar-refractivity contribution in [3.63, 3.8) is 0 Å². The first kappa shape index (κ1) is 30.8. The van der Waals surface area contributed by atoms with Crippen molar-refractivity contribution in [2.24, 2.45) is 0 Å². The summed E-state index contributed by atoms with van der Waals surface area (Å²) in [6.45, 7) is 5.71. The van der Waals surface area contributed by atoms with Crippen LogP contribution in [-0.4, -0.2) is 104 Å². The van der Waals surface area contributed by atoms with Crippen LogP contribution in [0.15, 0.2) is 73.6 Å². The van der Waals surface area contributed by atoms with Crippen molar-refractivity contribution in [3.05, 3.63) is 84.7 Å². The van der Waals surface area contributed by atoms with Crippen LogP contribution in [0.4, 0.5) is 11.5 Å². The lowest BCUT2D eigenvalue weighted by molar-refractivity contribution is -0.127. The Labute approximate surface area is 272 Å². The first-order chi connectivity index (χ1) is 23.0. The van der Waals surface area contributed by atoms with Crippen molar-refractivity contribution >= 4 is 28.6 Å². The van der Waals surface area contributed by atoms with Crippen LogP contribution in [0.5, 0.6) is 11.5 Å². The number of carbonyl (C=O) groups is 1. The predicted octanol–water partition coefficient (Wildman–Crippen LogP) is 4.22. The molecule has 4 aromatic heterocycles. The molecule has 13 heteroatoms. The van der Waals surface area contributed by atoms with Crippen LogP contribution in [0.25, 0.3) is 11.2 Å². The van der Waals surface area contributed by atoms with Gasteiger partial charge in [0.05, 0.1) is 12.2 Å². The lowest BCUT2D eigenvalue weighted by Crippen LogP contribution is -2.37. The van der Waals surface area contributed by atoms with Crippen molar-refractivity contribution in [1.82, 2.24) is 39.0 Å². The van der Waals surface area contributed by atoms with E-state index in [2.05, 4.69) is 36.4 Å². The second-order valence-electron chi connectivity index (χ2n) is 12.1. The Morgan fingerprint density at radius 2 is 1.70 bits per heavy atom. The van der Waals surface area contributed by atoms with Gasteiger partial charge in [-0.3, -0.25) is 9.69 Å². The zero-order valence-corrected chi connectivity index (χ0v) is 26.8. The van der Waals surface area contributed by atoms with E-state index in [9.17, 15) is 4.79 Å². The number of hydrogen-bond donors (Lipinski definition) is 1. The Morgan fingerprint density at radius 3 is 2.47 bits per heavy atom. The molecule has 244 valence electrons. The van der Waals surface area contributed by atoms with E-state index in [4.69, 9.17) is 14.2 Å². The molecule has 2 aliphatic heterocycles. The molecule has 2 atom stereocenters. The highest BCUT2D eigenvalue weighted by Gasteiger charge is 2.32. The molecule has 6 heterocycles. The standard InChI is InChI=1S/C34H39N9O4/c1-23-17-25(6-7-28(23)47-26-10-15-42-31(18-26)35-21-37-42)39-34-33-27(11-16-43(33)38-22-36-34)24-8-13-41(14-9-24)32(44)5-4-12-40-19-29(45-2)30(20-40)46-3/h4-7,10-11,15-18,21-22,24,29-30H,8-9,12-14,19-20H2,1-3H3,(H,36,38,39)/b5-4+/t29-,30-/m1/s1. The van der Waals surface area contributed by atoms with Gasteiger partial charge in [0.15, 0.2) is 11.5 Å². The summed E-state index contributed by atoms with van der Waals surface area (Å²) in [5.41, 5.74) is 4.73. The molecular formula is C34H39N9O4. The molecule has 13 nitrogen and oxygen atoms in total. The molecule has 0 bridgehead atoms. The highest BCUT2D eigenvalue weighted by molar-refractivity contribution is 5.87. The number of pyridine rings is 1. The fourth-order valence-corrected chi connectivity index (χ4v) is 6.60. The topological polar surface area (TPSA) is 124 Å². The van der Waals surface area contributed by atoms with E-state index in [1.807, 2.05) is 65.1 Å². The molecule has 1 N–H and O–H groups in total. The molecule has 7 rings (SSSR count). The molecule has 2 saturated heterocycles. The number of anilines is 2. The summed E-state index contributed by atoms with van der Waals surface area (Å²) in [6, 6.07) is 11.8. The lowest BCUT2D eigenvalue weighted by Gasteiger charge is -2.31.